The standard InChI is InChI=1S/C28H36N2O5/c31-26(29-18-10-2-1-5-17-27(32)33)16-4-3-11-19-30-28(34)35-20-25-23-14-8-6-12-21(23)22-13-7-9-15-24(22)25/h6-9,12-15,25H,1-5,10-11,16-20H2,(H,29,31)(H,30,34)(H,32,33). The SMILES string of the molecule is O=C(O)CCCCCCNC(=O)CCCCCNC(=O)OCC1c2ccccc2-c2ccccc21. The second-order valence-electron chi connectivity index (χ2n) is 8.97. The summed E-state index contributed by atoms with van der Waals surface area (Å²) in [6.07, 6.45) is 6.06. The number of carbonyl (C=O) groups is 3. The number of carboxylic acids is 1. The second kappa shape index (κ2) is 14.1. The van der Waals surface area contributed by atoms with Crippen LogP contribution in [0.4, 0.5) is 4.79 Å². The lowest BCUT2D eigenvalue weighted by Gasteiger charge is -2.14. The highest BCUT2D eigenvalue weighted by Crippen LogP contribution is 2.44. The zero-order valence-electron chi connectivity index (χ0n) is 20.3. The van der Waals surface area contributed by atoms with E-state index in [1.165, 1.54) is 22.3 Å². The van der Waals surface area contributed by atoms with Gasteiger partial charge in [0.15, 0.2) is 0 Å². The fraction of sp³-hybridized carbons (Fsp3) is 0.464. The summed E-state index contributed by atoms with van der Waals surface area (Å²) in [6, 6.07) is 16.5. The molecule has 3 rings (SSSR count). The Balaban J connectivity index is 1.22. The maximum absolute atomic E-state index is 12.2. The number of alkyl carbamates (subject to hydrolysis) is 1. The Hall–Kier alpha value is -3.35. The molecule has 0 unspecified atom stereocenters. The van der Waals surface area contributed by atoms with Crippen molar-refractivity contribution in [2.45, 2.75) is 63.7 Å². The van der Waals surface area contributed by atoms with Crippen LogP contribution in [0.3, 0.4) is 0 Å². The molecule has 1 aliphatic carbocycles. The molecule has 0 saturated carbocycles. The molecule has 0 heterocycles. The molecule has 0 saturated heterocycles. The Kier molecular flexibility index (Phi) is 10.6. The van der Waals surface area contributed by atoms with Gasteiger partial charge in [-0.2, -0.15) is 0 Å². The zero-order chi connectivity index (χ0) is 24.9. The number of carboxylic acid groups (broad SMARTS) is 1. The molecule has 3 N–H and O–H groups in total. The summed E-state index contributed by atoms with van der Waals surface area (Å²) >= 11 is 0. The molecular weight excluding hydrogens is 444 g/mol. The molecule has 0 bridgehead atoms. The molecule has 0 spiro atoms. The van der Waals surface area contributed by atoms with Gasteiger partial charge in [-0.25, -0.2) is 4.79 Å². The monoisotopic (exact) mass is 480 g/mol. The Morgan fingerprint density at radius 2 is 1.26 bits per heavy atom. The van der Waals surface area contributed by atoms with Crippen molar-refractivity contribution in [3.8, 4) is 11.1 Å². The third-order valence-electron chi connectivity index (χ3n) is 6.33. The fourth-order valence-corrected chi connectivity index (χ4v) is 4.50. The van der Waals surface area contributed by atoms with Crippen molar-refractivity contribution in [2.24, 2.45) is 0 Å². The number of aliphatic carboxylic acids is 1. The van der Waals surface area contributed by atoms with Crippen molar-refractivity contribution >= 4 is 18.0 Å². The number of nitrogens with one attached hydrogen (secondary N) is 2. The van der Waals surface area contributed by atoms with Gasteiger partial charge in [-0.15, -0.1) is 0 Å². The number of ether oxygens (including phenoxy) is 1. The summed E-state index contributed by atoms with van der Waals surface area (Å²) in [6.45, 7) is 1.46. The van der Waals surface area contributed by atoms with Crippen LogP contribution in [0.25, 0.3) is 11.1 Å². The molecule has 0 atom stereocenters. The van der Waals surface area contributed by atoms with E-state index in [1.54, 1.807) is 0 Å². The Morgan fingerprint density at radius 3 is 1.91 bits per heavy atom. The van der Waals surface area contributed by atoms with E-state index < -0.39 is 12.1 Å². The topological polar surface area (TPSA) is 105 Å². The molecule has 35 heavy (non-hydrogen) atoms. The van der Waals surface area contributed by atoms with Crippen LogP contribution >= 0.6 is 0 Å². The van der Waals surface area contributed by atoms with E-state index in [0.29, 0.717) is 32.5 Å². The van der Waals surface area contributed by atoms with Crippen molar-refractivity contribution in [3.05, 3.63) is 59.7 Å². The highest BCUT2D eigenvalue weighted by atomic mass is 16.5. The summed E-state index contributed by atoms with van der Waals surface area (Å²) in [4.78, 5) is 34.5. The Bertz CT molecular complexity index is 945. The number of hydrogen-bond donors (Lipinski definition) is 3. The minimum atomic E-state index is -0.758. The van der Waals surface area contributed by atoms with Gasteiger partial charge in [-0.1, -0.05) is 67.8 Å². The summed E-state index contributed by atoms with van der Waals surface area (Å²) in [5.41, 5.74) is 4.80. The van der Waals surface area contributed by atoms with Gasteiger partial charge < -0.3 is 20.5 Å². The van der Waals surface area contributed by atoms with Gasteiger partial charge in [-0.3, -0.25) is 9.59 Å². The van der Waals surface area contributed by atoms with Crippen molar-refractivity contribution in [3.63, 3.8) is 0 Å². The summed E-state index contributed by atoms with van der Waals surface area (Å²) in [5.74, 6) is -0.664. The third kappa shape index (κ3) is 8.42. The molecule has 188 valence electrons. The van der Waals surface area contributed by atoms with Crippen molar-refractivity contribution in [2.75, 3.05) is 19.7 Å². The smallest absolute Gasteiger partial charge is 0.407 e. The van der Waals surface area contributed by atoms with Crippen LogP contribution in [-0.2, 0) is 14.3 Å². The van der Waals surface area contributed by atoms with Gasteiger partial charge in [0, 0.05) is 31.8 Å². The molecule has 2 amide bonds. The molecule has 7 nitrogen and oxygen atoms in total. The number of benzene rings is 2. The maximum Gasteiger partial charge on any atom is 0.407 e. The van der Waals surface area contributed by atoms with E-state index in [9.17, 15) is 14.4 Å². The van der Waals surface area contributed by atoms with Crippen molar-refractivity contribution < 1.29 is 24.2 Å². The number of hydrogen-bond acceptors (Lipinski definition) is 4. The summed E-state index contributed by atoms with van der Waals surface area (Å²) in [7, 11) is 0. The number of rotatable bonds is 15. The zero-order valence-corrected chi connectivity index (χ0v) is 20.3. The highest BCUT2D eigenvalue weighted by Gasteiger charge is 2.28. The Morgan fingerprint density at radius 1 is 0.714 bits per heavy atom. The van der Waals surface area contributed by atoms with Crippen LogP contribution in [0.2, 0.25) is 0 Å². The fourth-order valence-electron chi connectivity index (χ4n) is 4.50. The largest absolute Gasteiger partial charge is 0.481 e. The van der Waals surface area contributed by atoms with Gasteiger partial charge in [0.25, 0.3) is 0 Å². The normalized spacial score (nSPS) is 12.0. The van der Waals surface area contributed by atoms with Crippen molar-refractivity contribution in [1.29, 1.82) is 0 Å². The van der Waals surface area contributed by atoms with Crippen LogP contribution in [0.5, 0.6) is 0 Å². The maximum atomic E-state index is 12.2. The average Bonchev–Trinajstić information content (AvgIpc) is 3.17. The molecule has 7 heteroatoms. The molecular formula is C28H36N2O5. The van der Waals surface area contributed by atoms with Crippen LogP contribution in [-0.4, -0.2) is 42.8 Å². The number of unbranched alkanes of at least 4 members (excludes halogenated alkanes) is 5. The quantitative estimate of drug-likeness (QED) is 0.303. The minimum absolute atomic E-state index is 0.0417. The summed E-state index contributed by atoms with van der Waals surface area (Å²) < 4.78 is 5.53. The van der Waals surface area contributed by atoms with Gasteiger partial charge in [0.1, 0.15) is 6.61 Å². The highest BCUT2D eigenvalue weighted by molar-refractivity contribution is 5.79. The molecule has 2 aromatic rings. The number of carbonyl (C=O) groups excluding carboxylic acids is 2. The second-order valence-corrected chi connectivity index (χ2v) is 8.97. The average molecular weight is 481 g/mol. The number of amides is 2. The van der Waals surface area contributed by atoms with E-state index in [0.717, 1.165) is 38.5 Å². The van der Waals surface area contributed by atoms with Gasteiger partial charge in [-0.05, 0) is 47.9 Å². The molecule has 2 aromatic carbocycles. The molecule has 0 radical (unpaired) electrons. The lowest BCUT2D eigenvalue weighted by molar-refractivity contribution is -0.137. The first-order valence-electron chi connectivity index (χ1n) is 12.6. The van der Waals surface area contributed by atoms with Gasteiger partial charge in [0.2, 0.25) is 5.91 Å². The lowest BCUT2D eigenvalue weighted by Crippen LogP contribution is -2.27. The van der Waals surface area contributed by atoms with Crippen LogP contribution < -0.4 is 10.6 Å². The van der Waals surface area contributed by atoms with Gasteiger partial charge in [0.05, 0.1) is 0 Å². The first-order chi connectivity index (χ1) is 17.1. The van der Waals surface area contributed by atoms with Crippen LogP contribution in [0.15, 0.2) is 48.5 Å². The predicted molar refractivity (Wildman–Crippen MR) is 135 cm³/mol. The van der Waals surface area contributed by atoms with Crippen molar-refractivity contribution in [1.82, 2.24) is 10.6 Å². The Labute approximate surface area is 207 Å². The molecule has 0 aromatic heterocycles. The number of fused-ring (bicyclic) bond motifs is 3. The van der Waals surface area contributed by atoms with E-state index >= 15 is 0 Å². The van der Waals surface area contributed by atoms with E-state index in [-0.39, 0.29) is 18.2 Å². The minimum Gasteiger partial charge on any atom is -0.481 e. The molecule has 1 aliphatic rings. The van der Waals surface area contributed by atoms with E-state index in [4.69, 9.17) is 9.84 Å². The third-order valence-corrected chi connectivity index (χ3v) is 6.33. The molecule has 0 aliphatic heterocycles. The first kappa shape index (κ1) is 26.3. The van der Waals surface area contributed by atoms with E-state index in [2.05, 4.69) is 34.9 Å². The van der Waals surface area contributed by atoms with E-state index in [1.807, 2.05) is 24.3 Å². The van der Waals surface area contributed by atoms with Crippen LogP contribution in [0.1, 0.15) is 74.8 Å². The summed E-state index contributed by atoms with van der Waals surface area (Å²) in [5, 5.41) is 14.3. The lowest BCUT2D eigenvalue weighted by atomic mass is 9.98. The van der Waals surface area contributed by atoms with Gasteiger partial charge >= 0.3 is 12.1 Å². The molecule has 0 fully saturated rings. The van der Waals surface area contributed by atoms with Crippen LogP contribution in [0, 0.1) is 0 Å². The predicted octanol–water partition coefficient (Wildman–Crippen LogP) is 5.24. The first-order valence-corrected chi connectivity index (χ1v) is 12.6.